The molecule has 0 aromatic heterocycles. The molecule has 0 unspecified atom stereocenters. The van der Waals surface area contributed by atoms with Gasteiger partial charge >= 0.3 is 6.03 Å². The lowest BCUT2D eigenvalue weighted by atomic mass is 10.1. The van der Waals surface area contributed by atoms with Gasteiger partial charge in [-0.1, -0.05) is 6.07 Å². The number of hydrogen-bond donors (Lipinski definition) is 3. The second-order valence-corrected chi connectivity index (χ2v) is 5.41. The number of hydrogen-bond acceptors (Lipinski definition) is 4. The van der Waals surface area contributed by atoms with Gasteiger partial charge in [-0.3, -0.25) is 14.9 Å². The van der Waals surface area contributed by atoms with E-state index >= 15 is 0 Å². The number of urea groups is 1. The van der Waals surface area contributed by atoms with Gasteiger partial charge in [-0.05, 0) is 26.8 Å². The van der Waals surface area contributed by atoms with Crippen LogP contribution in [0.1, 0.15) is 20.8 Å². The molecule has 0 radical (unpaired) electrons. The second-order valence-electron chi connectivity index (χ2n) is 5.41. The molecule has 3 N–H and O–H groups in total. The molecule has 1 aromatic carbocycles. The molecule has 0 aliphatic rings. The number of nitrogens with one attached hydrogen (secondary N) is 3. The van der Waals surface area contributed by atoms with Crippen molar-refractivity contribution in [3.05, 3.63) is 34.4 Å². The van der Waals surface area contributed by atoms with Gasteiger partial charge in [0.15, 0.2) is 0 Å². The van der Waals surface area contributed by atoms with Crippen molar-refractivity contribution in [2.75, 3.05) is 11.9 Å². The summed E-state index contributed by atoms with van der Waals surface area (Å²) >= 11 is 0. The third kappa shape index (κ3) is 6.37. The summed E-state index contributed by atoms with van der Waals surface area (Å²) in [4.78, 5) is 33.2. The van der Waals surface area contributed by atoms with Crippen molar-refractivity contribution >= 4 is 23.3 Å². The maximum atomic E-state index is 11.6. The van der Waals surface area contributed by atoms with E-state index in [0.29, 0.717) is 0 Å². The minimum absolute atomic E-state index is 0.127. The van der Waals surface area contributed by atoms with Crippen LogP contribution in [0.5, 0.6) is 0 Å². The Morgan fingerprint density at radius 2 is 1.95 bits per heavy atom. The van der Waals surface area contributed by atoms with Crippen LogP contribution in [0.15, 0.2) is 24.3 Å². The lowest BCUT2D eigenvalue weighted by Crippen LogP contribution is -2.46. The summed E-state index contributed by atoms with van der Waals surface area (Å²) in [7, 11) is 0. The van der Waals surface area contributed by atoms with E-state index in [1.165, 1.54) is 24.3 Å². The Labute approximate surface area is 122 Å². The third-order valence-corrected chi connectivity index (χ3v) is 2.24. The summed E-state index contributed by atoms with van der Waals surface area (Å²) in [6.45, 7) is 5.30. The Morgan fingerprint density at radius 3 is 2.52 bits per heavy atom. The summed E-state index contributed by atoms with van der Waals surface area (Å²) in [6.07, 6.45) is 0. The van der Waals surface area contributed by atoms with Gasteiger partial charge in [-0.2, -0.15) is 0 Å². The van der Waals surface area contributed by atoms with Gasteiger partial charge in [0.05, 0.1) is 11.5 Å². The number of rotatable bonds is 4. The number of nitrogens with zero attached hydrogens (tertiary/aromatic N) is 1. The molecule has 0 fully saturated rings. The summed E-state index contributed by atoms with van der Waals surface area (Å²) in [5.41, 5.74) is -0.230. The maximum Gasteiger partial charge on any atom is 0.319 e. The maximum absolute atomic E-state index is 11.6. The molecular weight excluding hydrogens is 276 g/mol. The van der Waals surface area contributed by atoms with Gasteiger partial charge in [0.2, 0.25) is 5.91 Å². The van der Waals surface area contributed by atoms with Crippen molar-refractivity contribution < 1.29 is 14.5 Å². The van der Waals surface area contributed by atoms with E-state index in [2.05, 4.69) is 16.0 Å². The summed E-state index contributed by atoms with van der Waals surface area (Å²) < 4.78 is 0. The van der Waals surface area contributed by atoms with Crippen LogP contribution in [0.3, 0.4) is 0 Å². The number of nitro benzene ring substituents is 1. The molecule has 8 nitrogen and oxygen atoms in total. The standard InChI is InChI=1S/C13H18N4O4/c1-13(2,3)16-11(18)8-14-12(19)15-9-5-4-6-10(7-9)17(20)21/h4-7H,8H2,1-3H3,(H,16,18)(H2,14,15,19). The van der Waals surface area contributed by atoms with E-state index in [1.54, 1.807) is 0 Å². The molecule has 114 valence electrons. The Morgan fingerprint density at radius 1 is 1.29 bits per heavy atom. The van der Waals surface area contributed by atoms with Crippen molar-refractivity contribution in [2.45, 2.75) is 26.3 Å². The van der Waals surface area contributed by atoms with Crippen LogP contribution in [0, 0.1) is 10.1 Å². The molecule has 0 saturated heterocycles. The smallest absolute Gasteiger partial charge is 0.319 e. The van der Waals surface area contributed by atoms with E-state index in [1.807, 2.05) is 20.8 Å². The topological polar surface area (TPSA) is 113 Å². The van der Waals surface area contributed by atoms with Crippen LogP contribution in [-0.4, -0.2) is 28.9 Å². The lowest BCUT2D eigenvalue weighted by molar-refractivity contribution is -0.384. The number of anilines is 1. The first kappa shape index (κ1) is 16.4. The number of carbonyl (C=O) groups is 2. The SMILES string of the molecule is CC(C)(C)NC(=O)CNC(=O)Nc1cccc([N+](=O)[O-])c1. The summed E-state index contributed by atoms with van der Waals surface area (Å²) in [6, 6.07) is 4.91. The molecule has 1 rings (SSSR count). The lowest BCUT2D eigenvalue weighted by Gasteiger charge is -2.20. The predicted octanol–water partition coefficient (Wildman–Crippen LogP) is 1.63. The zero-order valence-electron chi connectivity index (χ0n) is 12.1. The molecule has 0 aliphatic carbocycles. The highest BCUT2D eigenvalue weighted by molar-refractivity contribution is 5.92. The number of carbonyl (C=O) groups excluding carboxylic acids is 2. The van der Waals surface area contributed by atoms with E-state index in [4.69, 9.17) is 0 Å². The minimum Gasteiger partial charge on any atom is -0.350 e. The van der Waals surface area contributed by atoms with Gasteiger partial charge in [-0.25, -0.2) is 4.79 Å². The molecule has 21 heavy (non-hydrogen) atoms. The van der Waals surface area contributed by atoms with Crippen LogP contribution in [0.4, 0.5) is 16.2 Å². The van der Waals surface area contributed by atoms with E-state index in [-0.39, 0.29) is 29.4 Å². The zero-order chi connectivity index (χ0) is 16.0. The van der Waals surface area contributed by atoms with Crippen LogP contribution in [-0.2, 0) is 4.79 Å². The van der Waals surface area contributed by atoms with Crippen molar-refractivity contribution in [1.29, 1.82) is 0 Å². The average Bonchev–Trinajstić information content (AvgIpc) is 2.34. The van der Waals surface area contributed by atoms with Crippen LogP contribution in [0.2, 0.25) is 0 Å². The van der Waals surface area contributed by atoms with Crippen molar-refractivity contribution in [3.8, 4) is 0 Å². The monoisotopic (exact) mass is 294 g/mol. The zero-order valence-corrected chi connectivity index (χ0v) is 12.1. The molecular formula is C13H18N4O4. The molecule has 0 saturated carbocycles. The molecule has 1 aromatic rings. The van der Waals surface area contributed by atoms with Gasteiger partial charge in [-0.15, -0.1) is 0 Å². The molecule has 0 aliphatic heterocycles. The Bertz CT molecular complexity index is 551. The van der Waals surface area contributed by atoms with Crippen molar-refractivity contribution in [2.24, 2.45) is 0 Å². The normalized spacial score (nSPS) is 10.6. The largest absolute Gasteiger partial charge is 0.350 e. The number of benzene rings is 1. The highest BCUT2D eigenvalue weighted by atomic mass is 16.6. The molecule has 0 heterocycles. The summed E-state index contributed by atoms with van der Waals surface area (Å²) in [5, 5.41) is 18.1. The Balaban J connectivity index is 2.49. The van der Waals surface area contributed by atoms with E-state index in [9.17, 15) is 19.7 Å². The fraction of sp³-hybridized carbons (Fsp3) is 0.385. The quantitative estimate of drug-likeness (QED) is 0.578. The molecule has 0 bridgehead atoms. The van der Waals surface area contributed by atoms with Gasteiger partial charge in [0.25, 0.3) is 5.69 Å². The Hall–Kier alpha value is -2.64. The highest BCUT2D eigenvalue weighted by Gasteiger charge is 2.14. The molecule has 8 heteroatoms. The number of nitro groups is 1. The van der Waals surface area contributed by atoms with Gasteiger partial charge < -0.3 is 16.0 Å². The predicted molar refractivity (Wildman–Crippen MR) is 78.0 cm³/mol. The Kier molecular flexibility index (Phi) is 5.23. The van der Waals surface area contributed by atoms with E-state index in [0.717, 1.165) is 0 Å². The fourth-order valence-corrected chi connectivity index (χ4v) is 1.50. The fourth-order valence-electron chi connectivity index (χ4n) is 1.50. The highest BCUT2D eigenvalue weighted by Crippen LogP contribution is 2.16. The number of amides is 3. The van der Waals surface area contributed by atoms with Crippen LogP contribution >= 0.6 is 0 Å². The second kappa shape index (κ2) is 6.69. The number of non-ortho nitro benzene ring substituents is 1. The minimum atomic E-state index is -0.612. The average molecular weight is 294 g/mol. The van der Waals surface area contributed by atoms with Crippen molar-refractivity contribution in [1.82, 2.24) is 10.6 Å². The van der Waals surface area contributed by atoms with Crippen LogP contribution < -0.4 is 16.0 Å². The first-order valence-corrected chi connectivity index (χ1v) is 6.28. The third-order valence-electron chi connectivity index (χ3n) is 2.24. The van der Waals surface area contributed by atoms with Crippen LogP contribution in [0.25, 0.3) is 0 Å². The van der Waals surface area contributed by atoms with Crippen molar-refractivity contribution in [3.63, 3.8) is 0 Å². The molecule has 0 atom stereocenters. The van der Waals surface area contributed by atoms with E-state index < -0.39 is 11.0 Å². The first-order chi connectivity index (χ1) is 9.67. The van der Waals surface area contributed by atoms with Gasteiger partial charge in [0, 0.05) is 23.4 Å². The van der Waals surface area contributed by atoms with Gasteiger partial charge in [0.1, 0.15) is 0 Å². The molecule has 0 spiro atoms. The molecule has 3 amide bonds. The summed E-state index contributed by atoms with van der Waals surface area (Å²) in [5.74, 6) is -0.323. The first-order valence-electron chi connectivity index (χ1n) is 6.28.